The lowest BCUT2D eigenvalue weighted by Gasteiger charge is -2.15. The normalized spacial score (nSPS) is 12.1. The molecule has 0 saturated heterocycles. The van der Waals surface area contributed by atoms with E-state index in [-0.39, 0.29) is 0 Å². The van der Waals surface area contributed by atoms with Gasteiger partial charge in [0.1, 0.15) is 0 Å². The molecule has 0 aliphatic carbocycles. The van der Waals surface area contributed by atoms with Gasteiger partial charge in [-0.1, -0.05) is 146 Å². The van der Waals surface area contributed by atoms with Crippen LogP contribution in [-0.2, 0) is 0 Å². The minimum Gasteiger partial charge on any atom is -0.308 e. The largest absolute Gasteiger partial charge is 0.308 e. The lowest BCUT2D eigenvalue weighted by molar-refractivity contribution is 1.07. The van der Waals surface area contributed by atoms with Crippen LogP contribution in [0.3, 0.4) is 0 Å². The van der Waals surface area contributed by atoms with E-state index in [1.165, 1.54) is 82.4 Å². The minimum absolute atomic E-state index is 0.626. The van der Waals surface area contributed by atoms with Crippen LogP contribution in [0.4, 0.5) is 0 Å². The molecule has 0 atom stereocenters. The highest BCUT2D eigenvalue weighted by Crippen LogP contribution is 2.46. The number of benzene rings is 9. The van der Waals surface area contributed by atoms with Crippen LogP contribution in [-0.4, -0.2) is 19.5 Å². The molecule has 14 aromatic rings. The summed E-state index contributed by atoms with van der Waals surface area (Å²) in [7, 11) is 0. The first kappa shape index (κ1) is 36.0. The molecule has 0 N–H and O–H groups in total. The van der Waals surface area contributed by atoms with E-state index in [0.29, 0.717) is 17.5 Å². The zero-order valence-corrected chi connectivity index (χ0v) is 36.4. The smallest absolute Gasteiger partial charge is 0.165 e. The van der Waals surface area contributed by atoms with Gasteiger partial charge in [-0.2, -0.15) is 0 Å². The Morgan fingerprint density at radius 1 is 0.312 bits per heavy atom. The van der Waals surface area contributed by atoms with E-state index in [2.05, 4.69) is 180 Å². The van der Waals surface area contributed by atoms with E-state index in [9.17, 15) is 0 Å². The van der Waals surface area contributed by atoms with E-state index in [4.69, 9.17) is 15.0 Å². The molecule has 0 unspecified atom stereocenters. The second kappa shape index (κ2) is 14.0. The van der Waals surface area contributed by atoms with Gasteiger partial charge in [0.05, 0.1) is 15.7 Å². The molecule has 0 spiro atoms. The number of thiophene rings is 3. The molecule has 7 heteroatoms. The Balaban J connectivity index is 1.09. The number of nitrogens with zero attached hydrogens (tertiary/aromatic N) is 4. The number of hydrogen-bond donors (Lipinski definition) is 0. The Bertz CT molecular complexity index is 4210. The highest BCUT2D eigenvalue weighted by atomic mass is 32.1. The van der Waals surface area contributed by atoms with Crippen LogP contribution in [0.15, 0.2) is 194 Å². The van der Waals surface area contributed by atoms with Crippen molar-refractivity contribution in [2.45, 2.75) is 0 Å². The third-order valence-corrected chi connectivity index (χ3v) is 16.3. The van der Waals surface area contributed by atoms with Crippen molar-refractivity contribution in [3.05, 3.63) is 194 Å². The van der Waals surface area contributed by atoms with Gasteiger partial charge in [0.2, 0.25) is 0 Å². The lowest BCUT2D eigenvalue weighted by Crippen LogP contribution is -2.02. The zero-order chi connectivity index (χ0) is 41.9. The van der Waals surface area contributed by atoms with Crippen LogP contribution in [0.2, 0.25) is 0 Å². The molecule has 14 rings (SSSR count). The lowest BCUT2D eigenvalue weighted by atomic mass is 9.99. The van der Waals surface area contributed by atoms with Gasteiger partial charge in [0.15, 0.2) is 17.5 Å². The molecule has 0 amide bonds. The molecule has 0 bridgehead atoms. The van der Waals surface area contributed by atoms with Crippen molar-refractivity contribution >= 4 is 116 Å². The molecule has 298 valence electrons. The van der Waals surface area contributed by atoms with Crippen molar-refractivity contribution in [1.29, 1.82) is 0 Å². The van der Waals surface area contributed by atoms with E-state index in [1.807, 2.05) is 40.9 Å². The topological polar surface area (TPSA) is 43.6 Å². The maximum absolute atomic E-state index is 5.46. The van der Waals surface area contributed by atoms with Crippen molar-refractivity contribution in [3.63, 3.8) is 0 Å². The van der Waals surface area contributed by atoms with E-state index < -0.39 is 0 Å². The van der Waals surface area contributed by atoms with Crippen molar-refractivity contribution in [3.8, 4) is 51.0 Å². The van der Waals surface area contributed by atoms with Crippen molar-refractivity contribution < 1.29 is 0 Å². The highest BCUT2D eigenvalue weighted by Gasteiger charge is 2.22. The summed E-state index contributed by atoms with van der Waals surface area (Å²) < 4.78 is 10.0. The first-order valence-electron chi connectivity index (χ1n) is 21.3. The fraction of sp³-hybridized carbons (Fsp3) is 0. The molecular formula is C57H32N4S3. The molecule has 0 fully saturated rings. The second-order valence-corrected chi connectivity index (χ2v) is 19.4. The fourth-order valence-corrected chi connectivity index (χ4v) is 13.5. The molecule has 5 aromatic heterocycles. The first-order chi connectivity index (χ1) is 31.7. The summed E-state index contributed by atoms with van der Waals surface area (Å²) in [6.45, 7) is 0. The van der Waals surface area contributed by atoms with Crippen LogP contribution in [0, 0.1) is 0 Å². The zero-order valence-electron chi connectivity index (χ0n) is 34.0. The molecule has 0 radical (unpaired) electrons. The minimum atomic E-state index is 0.626. The summed E-state index contributed by atoms with van der Waals surface area (Å²) in [5.74, 6) is 1.92. The van der Waals surface area contributed by atoms with E-state index in [1.54, 1.807) is 11.3 Å². The quantitative estimate of drug-likeness (QED) is 0.173. The van der Waals surface area contributed by atoms with Gasteiger partial charge >= 0.3 is 0 Å². The number of rotatable bonds is 5. The molecule has 4 nitrogen and oxygen atoms in total. The van der Waals surface area contributed by atoms with Gasteiger partial charge in [-0.3, -0.25) is 0 Å². The molecule has 9 aromatic carbocycles. The van der Waals surface area contributed by atoms with Crippen LogP contribution < -0.4 is 0 Å². The van der Waals surface area contributed by atoms with Crippen LogP contribution in [0.25, 0.3) is 133 Å². The SMILES string of the molecule is c1ccc(-c2nc(-c3cc(-c4cccc5c4sc4ccccc45)cc(-n4c5ccccc5c5ccc6c7ccccc7sc6c54)c3)nc(-c3cccc4c3sc3ccccc34)n2)cc1. The van der Waals surface area contributed by atoms with Crippen molar-refractivity contribution in [2.75, 3.05) is 0 Å². The number of aromatic nitrogens is 4. The van der Waals surface area contributed by atoms with E-state index >= 15 is 0 Å². The average Bonchev–Trinajstić information content (AvgIpc) is 4.13. The number of hydrogen-bond acceptors (Lipinski definition) is 6. The monoisotopic (exact) mass is 868 g/mol. The fourth-order valence-electron chi connectivity index (χ4n) is 9.76. The number of fused-ring (bicyclic) bond motifs is 13. The van der Waals surface area contributed by atoms with Crippen molar-refractivity contribution in [2.24, 2.45) is 0 Å². The summed E-state index contributed by atoms with van der Waals surface area (Å²) in [5.41, 5.74) is 8.57. The molecular weight excluding hydrogens is 837 g/mol. The summed E-state index contributed by atoms with van der Waals surface area (Å²) in [6, 6.07) is 70.1. The summed E-state index contributed by atoms with van der Waals surface area (Å²) >= 11 is 5.52. The Labute approximate surface area is 378 Å². The highest BCUT2D eigenvalue weighted by molar-refractivity contribution is 7.27. The third-order valence-electron chi connectivity index (χ3n) is 12.6. The predicted molar refractivity (Wildman–Crippen MR) is 275 cm³/mol. The maximum Gasteiger partial charge on any atom is 0.165 e. The van der Waals surface area contributed by atoms with Gasteiger partial charge in [-0.05, 0) is 59.7 Å². The number of para-hydroxylation sites is 1. The van der Waals surface area contributed by atoms with Gasteiger partial charge < -0.3 is 4.57 Å². The molecule has 64 heavy (non-hydrogen) atoms. The Morgan fingerprint density at radius 3 is 1.48 bits per heavy atom. The van der Waals surface area contributed by atoms with Gasteiger partial charge in [-0.15, -0.1) is 34.0 Å². The van der Waals surface area contributed by atoms with Gasteiger partial charge in [0.25, 0.3) is 0 Å². The molecule has 0 aliphatic rings. The predicted octanol–water partition coefficient (Wildman–Crippen LogP) is 16.7. The first-order valence-corrected chi connectivity index (χ1v) is 23.8. The Kier molecular flexibility index (Phi) is 7.86. The van der Waals surface area contributed by atoms with Crippen LogP contribution >= 0.6 is 34.0 Å². The Hall–Kier alpha value is -7.55. The van der Waals surface area contributed by atoms with Crippen LogP contribution in [0.1, 0.15) is 0 Å². The summed E-state index contributed by atoms with van der Waals surface area (Å²) in [5, 5.41) is 10.0. The Morgan fingerprint density at radius 2 is 0.797 bits per heavy atom. The molecule has 0 aliphatic heterocycles. The second-order valence-electron chi connectivity index (χ2n) is 16.3. The summed E-state index contributed by atoms with van der Waals surface area (Å²) in [6.07, 6.45) is 0. The van der Waals surface area contributed by atoms with Crippen LogP contribution in [0.5, 0.6) is 0 Å². The molecule has 5 heterocycles. The maximum atomic E-state index is 5.46. The van der Waals surface area contributed by atoms with Gasteiger partial charge in [0, 0.05) is 89.0 Å². The third kappa shape index (κ3) is 5.42. The standard InChI is InChI=1S/C57H32N4S3/c1-2-14-33(15-3-1)55-58-56(60-57(59-55)46-23-13-22-44-40-18-6-10-26-49(40)63-53(44)46)35-30-34(37-20-12-21-43-39-17-5-9-25-48(39)62-52(37)43)31-36(32-35)61-47-24-8-4-16-38(47)42-28-29-45-41-19-7-11-27-50(41)64-54(45)51(42)61/h1-32H. The average molecular weight is 869 g/mol. The molecule has 0 saturated carbocycles. The van der Waals surface area contributed by atoms with E-state index in [0.717, 1.165) is 33.5 Å². The van der Waals surface area contributed by atoms with Crippen molar-refractivity contribution in [1.82, 2.24) is 19.5 Å². The summed E-state index contributed by atoms with van der Waals surface area (Å²) in [4.78, 5) is 16.1. The van der Waals surface area contributed by atoms with Gasteiger partial charge in [-0.25, -0.2) is 15.0 Å².